The van der Waals surface area contributed by atoms with Crippen molar-refractivity contribution in [3.63, 3.8) is 0 Å². The first-order chi connectivity index (χ1) is 14.6. The molecule has 2 aromatic carbocycles. The number of rotatable bonds is 12. The summed E-state index contributed by atoms with van der Waals surface area (Å²) in [5.41, 5.74) is 12.7. The zero-order valence-corrected chi connectivity index (χ0v) is 20.2. The van der Waals surface area contributed by atoms with E-state index < -0.39 is 32.1 Å². The molecule has 0 fully saturated rings. The Hall–Kier alpha value is -1.26. The zero-order valence-electron chi connectivity index (χ0n) is 18.4. The Bertz CT molecular complexity index is 895. The smallest absolute Gasteiger partial charge is 0.207 e. The van der Waals surface area contributed by atoms with Gasteiger partial charge in [0.25, 0.3) is 0 Å². The van der Waals surface area contributed by atoms with Gasteiger partial charge in [-0.05, 0) is 36.4 Å². The van der Waals surface area contributed by atoms with Crippen molar-refractivity contribution >= 4 is 14.7 Å². The SMILES string of the molecule is CCP(=O)(O)C(CC(N)C(C(C)CN)P(=O)(O)CCc1ccccc1)c1ccccc1. The van der Waals surface area contributed by atoms with Gasteiger partial charge in [-0.3, -0.25) is 9.13 Å². The molecule has 0 aliphatic rings. The minimum absolute atomic E-state index is 0.0975. The molecule has 0 bridgehead atoms. The number of benzene rings is 2. The van der Waals surface area contributed by atoms with Gasteiger partial charge in [-0.15, -0.1) is 0 Å². The standard InChI is InChI=1S/C23H36N2O4P2/c1-3-30(26,27)22(20-12-8-5-9-13-20)16-21(25)23(18(2)17-24)31(28,29)15-14-19-10-6-4-7-11-19/h4-13,18,21-23H,3,14-17,24-25H2,1-2H3,(H,26,27)(H,28,29). The van der Waals surface area contributed by atoms with Gasteiger partial charge in [-0.25, -0.2) is 0 Å². The molecule has 0 aliphatic heterocycles. The lowest BCUT2D eigenvalue weighted by molar-refractivity contribution is 0.381. The molecule has 0 radical (unpaired) electrons. The van der Waals surface area contributed by atoms with E-state index in [2.05, 4.69) is 0 Å². The summed E-state index contributed by atoms with van der Waals surface area (Å²) in [4.78, 5) is 21.7. The van der Waals surface area contributed by atoms with Gasteiger partial charge >= 0.3 is 0 Å². The molecule has 6 atom stereocenters. The molecular weight excluding hydrogens is 430 g/mol. The van der Waals surface area contributed by atoms with E-state index in [0.29, 0.717) is 6.42 Å². The number of hydrogen-bond acceptors (Lipinski definition) is 4. The quantitative estimate of drug-likeness (QED) is 0.347. The molecule has 0 saturated carbocycles. The molecule has 2 aromatic rings. The largest absolute Gasteiger partial charge is 0.344 e. The lowest BCUT2D eigenvalue weighted by Crippen LogP contribution is -2.43. The molecule has 172 valence electrons. The second-order valence-electron chi connectivity index (χ2n) is 8.32. The van der Waals surface area contributed by atoms with Crippen molar-refractivity contribution in [3.8, 4) is 0 Å². The van der Waals surface area contributed by atoms with Crippen molar-refractivity contribution in [1.82, 2.24) is 0 Å². The van der Waals surface area contributed by atoms with Gasteiger partial charge in [0.2, 0.25) is 14.7 Å². The average molecular weight is 466 g/mol. The first-order valence-electron chi connectivity index (χ1n) is 10.8. The summed E-state index contributed by atoms with van der Waals surface area (Å²) in [5, 5.41) is 0. The summed E-state index contributed by atoms with van der Waals surface area (Å²) in [5.74, 6) is -0.294. The maximum absolute atomic E-state index is 13.5. The predicted molar refractivity (Wildman–Crippen MR) is 129 cm³/mol. The Kier molecular flexibility index (Phi) is 9.69. The third kappa shape index (κ3) is 7.12. The maximum atomic E-state index is 13.5. The van der Waals surface area contributed by atoms with Crippen molar-refractivity contribution < 1.29 is 18.9 Å². The molecule has 31 heavy (non-hydrogen) atoms. The lowest BCUT2D eigenvalue weighted by Gasteiger charge is -2.35. The van der Waals surface area contributed by atoms with E-state index in [9.17, 15) is 18.9 Å². The maximum Gasteiger partial charge on any atom is 0.207 e. The molecule has 8 heteroatoms. The highest BCUT2D eigenvalue weighted by atomic mass is 31.2. The fraction of sp³-hybridized carbons (Fsp3) is 0.478. The Labute approximate surface area is 186 Å². The van der Waals surface area contributed by atoms with Crippen molar-refractivity contribution in [2.75, 3.05) is 18.9 Å². The molecule has 0 aromatic heterocycles. The average Bonchev–Trinajstić information content (AvgIpc) is 2.77. The van der Waals surface area contributed by atoms with E-state index >= 15 is 0 Å². The van der Waals surface area contributed by atoms with Crippen LogP contribution in [0.5, 0.6) is 0 Å². The zero-order chi connectivity index (χ0) is 23.1. The van der Waals surface area contributed by atoms with Crippen LogP contribution in [0.1, 0.15) is 37.1 Å². The van der Waals surface area contributed by atoms with Gasteiger partial charge in [-0.1, -0.05) is 74.5 Å². The van der Waals surface area contributed by atoms with Gasteiger partial charge < -0.3 is 21.3 Å². The summed E-state index contributed by atoms with van der Waals surface area (Å²) in [6.45, 7) is 3.72. The minimum atomic E-state index is -3.68. The van der Waals surface area contributed by atoms with E-state index in [1.165, 1.54) is 0 Å². The highest BCUT2D eigenvalue weighted by Gasteiger charge is 2.42. The van der Waals surface area contributed by atoms with Crippen LogP contribution < -0.4 is 11.5 Å². The summed E-state index contributed by atoms with van der Waals surface area (Å²) in [7, 11) is -7.22. The number of nitrogens with two attached hydrogens (primary N) is 2. The molecule has 2 rings (SSSR count). The second kappa shape index (κ2) is 11.6. The van der Waals surface area contributed by atoms with Crippen LogP contribution in [0, 0.1) is 5.92 Å². The van der Waals surface area contributed by atoms with Gasteiger partial charge in [0, 0.05) is 18.4 Å². The van der Waals surface area contributed by atoms with Crippen LogP contribution in [0.15, 0.2) is 60.7 Å². The van der Waals surface area contributed by atoms with Crippen molar-refractivity contribution in [2.24, 2.45) is 17.4 Å². The third-order valence-corrected chi connectivity index (χ3v) is 11.1. The Morgan fingerprint density at radius 1 is 0.935 bits per heavy atom. The third-order valence-electron chi connectivity index (χ3n) is 6.04. The highest BCUT2D eigenvalue weighted by molar-refractivity contribution is 7.59. The fourth-order valence-electron chi connectivity index (χ4n) is 4.17. The van der Waals surface area contributed by atoms with Crippen molar-refractivity contribution in [2.45, 2.75) is 44.0 Å². The molecular formula is C23H36N2O4P2. The molecule has 0 saturated heterocycles. The van der Waals surface area contributed by atoms with Gasteiger partial charge in [0.1, 0.15) is 0 Å². The summed E-state index contributed by atoms with van der Waals surface area (Å²) < 4.78 is 26.4. The van der Waals surface area contributed by atoms with Crippen LogP contribution in [0.4, 0.5) is 0 Å². The lowest BCUT2D eigenvalue weighted by atomic mass is 9.96. The fourth-order valence-corrected chi connectivity index (χ4v) is 8.33. The summed E-state index contributed by atoms with van der Waals surface area (Å²) in [6, 6.07) is 17.9. The van der Waals surface area contributed by atoms with E-state index in [-0.39, 0.29) is 31.2 Å². The van der Waals surface area contributed by atoms with Crippen LogP contribution >= 0.6 is 14.7 Å². The molecule has 6 N–H and O–H groups in total. The van der Waals surface area contributed by atoms with E-state index in [4.69, 9.17) is 11.5 Å². The van der Waals surface area contributed by atoms with Crippen LogP contribution in [-0.2, 0) is 15.6 Å². The first-order valence-corrected chi connectivity index (χ1v) is 14.6. The Morgan fingerprint density at radius 3 is 2.00 bits per heavy atom. The second-order valence-corrected chi connectivity index (χ2v) is 13.6. The molecule has 0 spiro atoms. The minimum Gasteiger partial charge on any atom is -0.344 e. The van der Waals surface area contributed by atoms with E-state index in [0.717, 1.165) is 11.1 Å². The van der Waals surface area contributed by atoms with Crippen LogP contribution in [0.25, 0.3) is 0 Å². The van der Waals surface area contributed by atoms with Crippen LogP contribution in [0.2, 0.25) is 0 Å². The normalized spacial score (nSPS) is 19.5. The first kappa shape index (κ1) is 26.0. The van der Waals surface area contributed by atoms with E-state index in [1.54, 1.807) is 6.92 Å². The van der Waals surface area contributed by atoms with Gasteiger partial charge in [0.15, 0.2) is 0 Å². The molecule has 0 aliphatic carbocycles. The van der Waals surface area contributed by atoms with Gasteiger partial charge in [-0.2, -0.15) is 0 Å². The molecule has 6 nitrogen and oxygen atoms in total. The molecule has 0 amide bonds. The van der Waals surface area contributed by atoms with Crippen molar-refractivity contribution in [1.29, 1.82) is 0 Å². The Morgan fingerprint density at radius 2 is 1.48 bits per heavy atom. The predicted octanol–water partition coefficient (Wildman–Crippen LogP) is 4.21. The van der Waals surface area contributed by atoms with Crippen LogP contribution in [0.3, 0.4) is 0 Å². The molecule has 0 heterocycles. The summed E-state index contributed by atoms with van der Waals surface area (Å²) >= 11 is 0. The number of hydrogen-bond donors (Lipinski definition) is 4. The topological polar surface area (TPSA) is 127 Å². The highest BCUT2D eigenvalue weighted by Crippen LogP contribution is 2.59. The van der Waals surface area contributed by atoms with Crippen LogP contribution in [-0.4, -0.2) is 40.4 Å². The Balaban J connectivity index is 2.29. The monoisotopic (exact) mass is 466 g/mol. The molecule has 6 unspecified atom stereocenters. The van der Waals surface area contributed by atoms with E-state index in [1.807, 2.05) is 67.6 Å². The summed E-state index contributed by atoms with van der Waals surface area (Å²) in [6.07, 6.45) is 0.822. The van der Waals surface area contributed by atoms with Gasteiger partial charge in [0.05, 0.1) is 11.3 Å². The van der Waals surface area contributed by atoms with Crippen molar-refractivity contribution in [3.05, 3.63) is 71.8 Å². The number of aryl methyl sites for hydroxylation is 1.